The van der Waals surface area contributed by atoms with Gasteiger partial charge in [-0.15, -0.1) is 0 Å². The molecule has 0 saturated heterocycles. The lowest BCUT2D eigenvalue weighted by Crippen LogP contribution is -2.14. The Bertz CT molecular complexity index is 3630. The van der Waals surface area contributed by atoms with E-state index in [0.29, 0.717) is 0 Å². The predicted molar refractivity (Wildman–Crippen MR) is 290 cm³/mol. The zero-order valence-electron chi connectivity index (χ0n) is 37.9. The number of para-hydroxylation sites is 5. The molecule has 0 saturated carbocycles. The van der Waals surface area contributed by atoms with Crippen molar-refractivity contribution in [3.63, 3.8) is 0 Å². The number of anilines is 6. The molecule has 0 aliphatic heterocycles. The van der Waals surface area contributed by atoms with Gasteiger partial charge in [-0.2, -0.15) is 0 Å². The van der Waals surface area contributed by atoms with Crippen LogP contribution in [0.25, 0.3) is 77.6 Å². The molecule has 0 spiro atoms. The molecular formula is C66H46N2O. The van der Waals surface area contributed by atoms with Crippen LogP contribution in [0, 0.1) is 0 Å². The van der Waals surface area contributed by atoms with Crippen molar-refractivity contribution in [3.8, 4) is 55.6 Å². The normalized spacial score (nSPS) is 11.2. The van der Waals surface area contributed by atoms with E-state index >= 15 is 0 Å². The van der Waals surface area contributed by atoms with Crippen molar-refractivity contribution in [2.75, 3.05) is 9.80 Å². The fourth-order valence-corrected chi connectivity index (χ4v) is 9.86. The first-order valence-electron chi connectivity index (χ1n) is 23.5. The Balaban J connectivity index is 1.06. The summed E-state index contributed by atoms with van der Waals surface area (Å²) in [7, 11) is 0. The van der Waals surface area contributed by atoms with Crippen molar-refractivity contribution in [1.82, 2.24) is 0 Å². The average molecular weight is 883 g/mol. The van der Waals surface area contributed by atoms with Crippen LogP contribution in [-0.4, -0.2) is 0 Å². The third-order valence-corrected chi connectivity index (χ3v) is 13.1. The molecule has 0 bridgehead atoms. The summed E-state index contributed by atoms with van der Waals surface area (Å²) < 4.78 is 7.10. The van der Waals surface area contributed by atoms with Gasteiger partial charge < -0.3 is 14.2 Å². The van der Waals surface area contributed by atoms with E-state index in [1.165, 1.54) is 5.56 Å². The van der Waals surface area contributed by atoms with Crippen LogP contribution in [0.3, 0.4) is 0 Å². The van der Waals surface area contributed by atoms with E-state index in [1.54, 1.807) is 0 Å². The van der Waals surface area contributed by atoms with Crippen LogP contribution in [-0.2, 0) is 0 Å². The van der Waals surface area contributed by atoms with Crippen molar-refractivity contribution in [2.24, 2.45) is 0 Å². The van der Waals surface area contributed by atoms with Gasteiger partial charge in [0.15, 0.2) is 5.58 Å². The Morgan fingerprint density at radius 3 is 1.14 bits per heavy atom. The Morgan fingerprint density at radius 2 is 0.594 bits per heavy atom. The molecule has 12 rings (SSSR count). The summed E-state index contributed by atoms with van der Waals surface area (Å²) in [6.45, 7) is 0. The van der Waals surface area contributed by atoms with Crippen LogP contribution in [0.5, 0.6) is 0 Å². The van der Waals surface area contributed by atoms with E-state index in [1.807, 2.05) is 0 Å². The molecule has 326 valence electrons. The minimum absolute atomic E-state index is 0.829. The molecule has 0 aliphatic rings. The molecule has 0 fully saturated rings. The number of hydrogen-bond acceptors (Lipinski definition) is 3. The molecule has 0 aliphatic carbocycles. The van der Waals surface area contributed by atoms with E-state index in [2.05, 4.69) is 289 Å². The van der Waals surface area contributed by atoms with Gasteiger partial charge in [-0.1, -0.05) is 231 Å². The van der Waals surface area contributed by atoms with Crippen LogP contribution in [0.15, 0.2) is 283 Å². The number of benzene rings is 11. The lowest BCUT2D eigenvalue weighted by molar-refractivity contribution is 0.670. The molecule has 1 aromatic heterocycles. The van der Waals surface area contributed by atoms with Crippen LogP contribution in [0.1, 0.15) is 0 Å². The van der Waals surface area contributed by atoms with Crippen molar-refractivity contribution in [1.29, 1.82) is 0 Å². The highest BCUT2D eigenvalue weighted by Gasteiger charge is 2.25. The van der Waals surface area contributed by atoms with Gasteiger partial charge in [0.1, 0.15) is 5.58 Å². The van der Waals surface area contributed by atoms with E-state index in [-0.39, 0.29) is 0 Å². The fourth-order valence-electron chi connectivity index (χ4n) is 9.86. The number of furan rings is 1. The molecule has 12 aromatic rings. The molecule has 3 nitrogen and oxygen atoms in total. The zero-order valence-corrected chi connectivity index (χ0v) is 37.9. The molecule has 69 heavy (non-hydrogen) atoms. The summed E-state index contributed by atoms with van der Waals surface area (Å²) in [5.41, 5.74) is 19.2. The van der Waals surface area contributed by atoms with Gasteiger partial charge in [-0.05, 0) is 81.9 Å². The zero-order chi connectivity index (χ0) is 45.9. The van der Waals surface area contributed by atoms with Gasteiger partial charge in [-0.25, -0.2) is 0 Å². The number of hydrogen-bond donors (Lipinski definition) is 0. The van der Waals surface area contributed by atoms with Crippen LogP contribution >= 0.6 is 0 Å². The Labute approximate surface area is 403 Å². The molecule has 3 heteroatoms. The summed E-state index contributed by atoms with van der Waals surface area (Å²) in [5, 5.41) is 2.15. The second-order valence-electron chi connectivity index (χ2n) is 17.2. The summed E-state index contributed by atoms with van der Waals surface area (Å²) in [6, 6.07) is 99.6. The highest BCUT2D eigenvalue weighted by atomic mass is 16.3. The summed E-state index contributed by atoms with van der Waals surface area (Å²) in [6.07, 6.45) is 0. The maximum atomic E-state index is 7.10. The van der Waals surface area contributed by atoms with Crippen molar-refractivity contribution in [3.05, 3.63) is 279 Å². The molecule has 0 atom stereocenters. The molecule has 0 amide bonds. The number of rotatable bonds is 11. The SMILES string of the molecule is c1ccc(-c2ccc(N(c3cccc(-c4ccccc4N(c4ccccc4-c4ccccc4)c4ccccc4-c4ccccc4)c3)c3cccc4c3oc3c(-c5ccccc5)cccc34)cc2)cc1. The van der Waals surface area contributed by atoms with E-state index in [4.69, 9.17) is 4.42 Å². The summed E-state index contributed by atoms with van der Waals surface area (Å²) >= 11 is 0. The van der Waals surface area contributed by atoms with Crippen LogP contribution < -0.4 is 9.80 Å². The summed E-state index contributed by atoms with van der Waals surface area (Å²) in [4.78, 5) is 4.80. The smallest absolute Gasteiger partial charge is 0.159 e. The monoisotopic (exact) mass is 882 g/mol. The highest BCUT2D eigenvalue weighted by molar-refractivity contribution is 6.13. The van der Waals surface area contributed by atoms with E-state index < -0.39 is 0 Å². The van der Waals surface area contributed by atoms with Crippen molar-refractivity contribution >= 4 is 56.1 Å². The fraction of sp³-hybridized carbons (Fsp3) is 0. The van der Waals surface area contributed by atoms with Crippen molar-refractivity contribution < 1.29 is 4.42 Å². The standard InChI is InChI=1S/C66H46N2O/c1-5-22-47(23-6-1)48-42-44-53(45-43-48)67(64-41-21-37-60-59-36-20-35-58(65(59)69-66(60)64)51-28-11-4-12-29-51)54-31-19-30-52(46-54)57-34-15-18-40-63(57)68(61-38-16-13-32-55(61)49-24-7-2-8-25-49)62-39-17-14-33-56(62)50-26-9-3-10-27-50/h1-46H. The topological polar surface area (TPSA) is 19.6 Å². The lowest BCUT2D eigenvalue weighted by Gasteiger charge is -2.32. The second-order valence-corrected chi connectivity index (χ2v) is 17.2. The second kappa shape index (κ2) is 18.2. The maximum Gasteiger partial charge on any atom is 0.159 e. The van der Waals surface area contributed by atoms with Crippen LogP contribution in [0.2, 0.25) is 0 Å². The first-order valence-corrected chi connectivity index (χ1v) is 23.5. The van der Waals surface area contributed by atoms with Gasteiger partial charge in [0.25, 0.3) is 0 Å². The minimum Gasteiger partial charge on any atom is -0.453 e. The average Bonchev–Trinajstić information content (AvgIpc) is 3.83. The quantitative estimate of drug-likeness (QED) is 0.129. The van der Waals surface area contributed by atoms with Gasteiger partial charge >= 0.3 is 0 Å². The first-order chi connectivity index (χ1) is 34.3. The van der Waals surface area contributed by atoms with Gasteiger partial charge in [-0.3, -0.25) is 0 Å². The van der Waals surface area contributed by atoms with E-state index in [0.717, 1.165) is 106 Å². The molecule has 1 heterocycles. The molecule has 0 N–H and O–H groups in total. The maximum absolute atomic E-state index is 7.10. The first kappa shape index (κ1) is 41.3. The van der Waals surface area contributed by atoms with E-state index in [9.17, 15) is 0 Å². The number of nitrogens with zero attached hydrogens (tertiary/aromatic N) is 2. The minimum atomic E-state index is 0.829. The van der Waals surface area contributed by atoms with Crippen LogP contribution in [0.4, 0.5) is 34.1 Å². The van der Waals surface area contributed by atoms with Gasteiger partial charge in [0.2, 0.25) is 0 Å². The largest absolute Gasteiger partial charge is 0.453 e. The third kappa shape index (κ3) is 7.82. The molecule has 11 aromatic carbocycles. The Morgan fingerprint density at radius 1 is 0.217 bits per heavy atom. The predicted octanol–water partition coefficient (Wildman–Crippen LogP) is 18.9. The third-order valence-electron chi connectivity index (χ3n) is 13.1. The molecule has 0 unspecified atom stereocenters. The molecular weight excluding hydrogens is 837 g/mol. The Hall–Kier alpha value is -9.18. The number of fused-ring (bicyclic) bond motifs is 3. The summed E-state index contributed by atoms with van der Waals surface area (Å²) in [5.74, 6) is 0. The highest BCUT2D eigenvalue weighted by Crippen LogP contribution is 2.49. The molecule has 0 radical (unpaired) electrons. The van der Waals surface area contributed by atoms with Crippen molar-refractivity contribution in [2.45, 2.75) is 0 Å². The van der Waals surface area contributed by atoms with Gasteiger partial charge in [0.05, 0.1) is 22.7 Å². The lowest BCUT2D eigenvalue weighted by atomic mass is 9.96. The Kier molecular flexibility index (Phi) is 10.9. The van der Waals surface area contributed by atoms with Gasteiger partial charge in [0, 0.05) is 44.4 Å².